The zero-order chi connectivity index (χ0) is 10.1. The average molecular weight is 200 g/mol. The second kappa shape index (κ2) is 4.17. The number of hydrogen-bond donors (Lipinski definition) is 2. The van der Waals surface area contributed by atoms with Gasteiger partial charge in [-0.3, -0.25) is 0 Å². The van der Waals surface area contributed by atoms with Crippen LogP contribution in [0.3, 0.4) is 0 Å². The van der Waals surface area contributed by atoms with Gasteiger partial charge in [-0.2, -0.15) is 0 Å². The van der Waals surface area contributed by atoms with Gasteiger partial charge < -0.3 is 14.9 Å². The van der Waals surface area contributed by atoms with Gasteiger partial charge in [0.25, 0.3) is 0 Å². The molecule has 3 nitrogen and oxygen atoms in total. The van der Waals surface area contributed by atoms with Crippen LogP contribution in [0.1, 0.15) is 32.6 Å². The highest BCUT2D eigenvalue weighted by Gasteiger charge is 2.50. The van der Waals surface area contributed by atoms with Gasteiger partial charge in [-0.1, -0.05) is 13.3 Å². The van der Waals surface area contributed by atoms with Crippen molar-refractivity contribution in [2.75, 3.05) is 6.61 Å². The molecule has 2 fully saturated rings. The molecule has 0 spiro atoms. The van der Waals surface area contributed by atoms with Crippen LogP contribution in [0.4, 0.5) is 0 Å². The molecule has 0 radical (unpaired) electrons. The van der Waals surface area contributed by atoms with E-state index in [4.69, 9.17) is 4.74 Å². The Morgan fingerprint density at radius 2 is 2.07 bits per heavy atom. The van der Waals surface area contributed by atoms with Crippen LogP contribution in [0.2, 0.25) is 0 Å². The smallest absolute Gasteiger partial charge is 0.0637 e. The van der Waals surface area contributed by atoms with Gasteiger partial charge in [0, 0.05) is 18.4 Å². The van der Waals surface area contributed by atoms with Crippen LogP contribution in [0, 0.1) is 11.8 Å². The van der Waals surface area contributed by atoms with Crippen LogP contribution in [-0.2, 0) is 4.74 Å². The van der Waals surface area contributed by atoms with Crippen LogP contribution in [-0.4, -0.2) is 35.1 Å². The van der Waals surface area contributed by atoms with Crippen LogP contribution >= 0.6 is 0 Å². The molecule has 2 aliphatic heterocycles. The maximum atomic E-state index is 9.98. The SMILES string of the molecule is CCCC(O)C1C2CCC(O2)C1CO. The minimum absolute atomic E-state index is 0.159. The van der Waals surface area contributed by atoms with Crippen molar-refractivity contribution in [2.24, 2.45) is 11.8 Å². The molecule has 0 aromatic rings. The number of fused-ring (bicyclic) bond motifs is 2. The van der Waals surface area contributed by atoms with Crippen molar-refractivity contribution < 1.29 is 14.9 Å². The Bertz CT molecular complexity index is 195. The van der Waals surface area contributed by atoms with E-state index >= 15 is 0 Å². The standard InChI is InChI=1S/C11H20O3/c1-2-3-8(13)11-7(6-12)9-4-5-10(11)14-9/h7-13H,2-6H2,1H3. The van der Waals surface area contributed by atoms with Crippen molar-refractivity contribution in [3.05, 3.63) is 0 Å². The lowest BCUT2D eigenvalue weighted by Crippen LogP contribution is -2.38. The molecule has 5 atom stereocenters. The van der Waals surface area contributed by atoms with Crippen molar-refractivity contribution in [3.8, 4) is 0 Å². The van der Waals surface area contributed by atoms with E-state index in [0.717, 1.165) is 25.7 Å². The summed E-state index contributed by atoms with van der Waals surface area (Å²) in [4.78, 5) is 0. The predicted molar refractivity (Wildman–Crippen MR) is 52.9 cm³/mol. The summed E-state index contributed by atoms with van der Waals surface area (Å²) in [6, 6.07) is 0. The molecule has 2 aliphatic rings. The van der Waals surface area contributed by atoms with E-state index in [9.17, 15) is 10.2 Å². The molecular formula is C11H20O3. The van der Waals surface area contributed by atoms with Gasteiger partial charge in [0.2, 0.25) is 0 Å². The summed E-state index contributed by atoms with van der Waals surface area (Å²) in [5.41, 5.74) is 0. The van der Waals surface area contributed by atoms with Gasteiger partial charge in [0.1, 0.15) is 0 Å². The lowest BCUT2D eigenvalue weighted by Gasteiger charge is -2.30. The Morgan fingerprint density at radius 1 is 1.36 bits per heavy atom. The molecule has 2 heterocycles. The van der Waals surface area contributed by atoms with E-state index in [1.54, 1.807) is 0 Å². The van der Waals surface area contributed by atoms with E-state index in [1.165, 1.54) is 0 Å². The van der Waals surface area contributed by atoms with Crippen molar-refractivity contribution in [3.63, 3.8) is 0 Å². The Morgan fingerprint density at radius 3 is 2.71 bits per heavy atom. The van der Waals surface area contributed by atoms with Crippen LogP contribution in [0.15, 0.2) is 0 Å². The summed E-state index contributed by atoms with van der Waals surface area (Å²) in [7, 11) is 0. The van der Waals surface area contributed by atoms with Gasteiger partial charge in [-0.25, -0.2) is 0 Å². The number of aliphatic hydroxyl groups is 2. The molecule has 2 bridgehead atoms. The molecule has 0 aromatic heterocycles. The zero-order valence-corrected chi connectivity index (χ0v) is 8.72. The highest BCUT2D eigenvalue weighted by molar-refractivity contribution is 4.98. The fraction of sp³-hybridized carbons (Fsp3) is 1.00. The molecule has 2 rings (SSSR count). The molecule has 0 amide bonds. The summed E-state index contributed by atoms with van der Waals surface area (Å²) in [5, 5.41) is 19.3. The van der Waals surface area contributed by atoms with Gasteiger partial charge in [-0.15, -0.1) is 0 Å². The van der Waals surface area contributed by atoms with E-state index in [1.807, 2.05) is 0 Å². The Hall–Kier alpha value is -0.120. The number of rotatable bonds is 4. The molecular weight excluding hydrogens is 180 g/mol. The largest absolute Gasteiger partial charge is 0.396 e. The lowest BCUT2D eigenvalue weighted by atomic mass is 9.75. The first-order valence-electron chi connectivity index (χ1n) is 5.72. The fourth-order valence-electron chi connectivity index (χ4n) is 3.07. The lowest BCUT2D eigenvalue weighted by molar-refractivity contribution is 0.0261. The third-order valence-electron chi connectivity index (χ3n) is 3.73. The minimum Gasteiger partial charge on any atom is -0.396 e. The predicted octanol–water partition coefficient (Wildman–Crippen LogP) is 0.933. The number of hydrogen-bond acceptors (Lipinski definition) is 3. The molecule has 5 unspecified atom stereocenters. The quantitative estimate of drug-likeness (QED) is 0.710. The first-order chi connectivity index (χ1) is 6.77. The third kappa shape index (κ3) is 1.58. The number of aliphatic hydroxyl groups excluding tert-OH is 2. The van der Waals surface area contributed by atoms with Gasteiger partial charge >= 0.3 is 0 Å². The van der Waals surface area contributed by atoms with Crippen LogP contribution in [0.5, 0.6) is 0 Å². The highest BCUT2D eigenvalue weighted by Crippen LogP contribution is 2.45. The summed E-state index contributed by atoms with van der Waals surface area (Å²) in [6.45, 7) is 2.23. The fourth-order valence-corrected chi connectivity index (χ4v) is 3.07. The molecule has 0 aromatic carbocycles. The van der Waals surface area contributed by atoms with Crippen molar-refractivity contribution >= 4 is 0 Å². The van der Waals surface area contributed by atoms with Gasteiger partial charge in [0.05, 0.1) is 18.3 Å². The van der Waals surface area contributed by atoms with Crippen molar-refractivity contribution in [1.82, 2.24) is 0 Å². The van der Waals surface area contributed by atoms with E-state index in [2.05, 4.69) is 6.92 Å². The van der Waals surface area contributed by atoms with Crippen LogP contribution < -0.4 is 0 Å². The monoisotopic (exact) mass is 200 g/mol. The van der Waals surface area contributed by atoms with Crippen LogP contribution in [0.25, 0.3) is 0 Å². The normalized spacial score (nSPS) is 43.1. The van der Waals surface area contributed by atoms with Gasteiger partial charge in [-0.05, 0) is 19.3 Å². The van der Waals surface area contributed by atoms with Crippen molar-refractivity contribution in [1.29, 1.82) is 0 Å². The Labute approximate surface area is 85.1 Å². The van der Waals surface area contributed by atoms with E-state index in [0.29, 0.717) is 0 Å². The molecule has 0 saturated carbocycles. The summed E-state index contributed by atoms with van der Waals surface area (Å²) in [5.74, 6) is 0.356. The highest BCUT2D eigenvalue weighted by atomic mass is 16.5. The number of ether oxygens (including phenoxy) is 1. The second-order valence-corrected chi connectivity index (χ2v) is 4.57. The minimum atomic E-state index is -0.285. The molecule has 2 N–H and O–H groups in total. The first kappa shape index (κ1) is 10.4. The Balaban J connectivity index is 2.02. The average Bonchev–Trinajstić information content (AvgIpc) is 2.76. The topological polar surface area (TPSA) is 49.7 Å². The molecule has 14 heavy (non-hydrogen) atoms. The zero-order valence-electron chi connectivity index (χ0n) is 8.72. The van der Waals surface area contributed by atoms with Gasteiger partial charge in [0.15, 0.2) is 0 Å². The van der Waals surface area contributed by atoms with E-state index < -0.39 is 0 Å². The maximum absolute atomic E-state index is 9.98. The summed E-state index contributed by atoms with van der Waals surface area (Å²) in [6.07, 6.45) is 4.08. The molecule has 3 heteroatoms. The summed E-state index contributed by atoms with van der Waals surface area (Å²) < 4.78 is 5.74. The third-order valence-corrected chi connectivity index (χ3v) is 3.73. The second-order valence-electron chi connectivity index (χ2n) is 4.57. The molecule has 0 aliphatic carbocycles. The first-order valence-corrected chi connectivity index (χ1v) is 5.72. The molecule has 82 valence electrons. The van der Waals surface area contributed by atoms with Crippen molar-refractivity contribution in [2.45, 2.75) is 50.9 Å². The Kier molecular flexibility index (Phi) is 3.10. The van der Waals surface area contributed by atoms with E-state index in [-0.39, 0.29) is 36.8 Å². The summed E-state index contributed by atoms with van der Waals surface area (Å²) >= 11 is 0. The maximum Gasteiger partial charge on any atom is 0.0637 e. The molecule has 2 saturated heterocycles.